The van der Waals surface area contributed by atoms with Crippen molar-refractivity contribution in [3.05, 3.63) is 71.8 Å². The maximum atomic E-state index is 10.4. The maximum absolute atomic E-state index is 10.4. The molecule has 3 rings (SSSR count). The Morgan fingerprint density at radius 1 is 1.07 bits per heavy atom. The molecule has 2 aromatic carbocycles. The van der Waals surface area contributed by atoms with E-state index in [-0.39, 0.29) is 0 Å². The van der Waals surface area contributed by atoms with Crippen LogP contribution < -0.4 is 10.6 Å². The molecule has 0 amide bonds. The van der Waals surface area contributed by atoms with Crippen molar-refractivity contribution in [3.63, 3.8) is 0 Å². The summed E-state index contributed by atoms with van der Waals surface area (Å²) in [6, 6.07) is 21.7. The van der Waals surface area contributed by atoms with Gasteiger partial charge in [-0.15, -0.1) is 0 Å². The largest absolute Gasteiger partial charge is 0.391 e. The molecule has 1 saturated heterocycles. The normalized spacial score (nSPS) is 18.0. The number of nitrogens with zero attached hydrogens (tertiary/aromatic N) is 2. The second-order valence-corrected chi connectivity index (χ2v) is 8.10. The van der Waals surface area contributed by atoms with Gasteiger partial charge in [-0.25, -0.2) is 0 Å². The highest BCUT2D eigenvalue weighted by Crippen LogP contribution is 2.23. The van der Waals surface area contributed by atoms with Gasteiger partial charge in [0, 0.05) is 38.1 Å². The van der Waals surface area contributed by atoms with Gasteiger partial charge in [-0.3, -0.25) is 9.89 Å². The van der Waals surface area contributed by atoms with Crippen LogP contribution in [0.15, 0.2) is 65.7 Å². The first-order valence-corrected chi connectivity index (χ1v) is 11.2. The Kier molecular flexibility index (Phi) is 8.72. The highest BCUT2D eigenvalue weighted by Gasteiger charge is 2.24. The first-order chi connectivity index (χ1) is 14.7. The summed E-state index contributed by atoms with van der Waals surface area (Å²) in [6.07, 6.45) is 2.33. The van der Waals surface area contributed by atoms with Crippen molar-refractivity contribution in [1.29, 1.82) is 0 Å². The van der Waals surface area contributed by atoms with Crippen LogP contribution in [0.3, 0.4) is 0 Å². The summed E-state index contributed by atoms with van der Waals surface area (Å²) in [5.41, 5.74) is 2.52. The molecular weight excluding hydrogens is 372 g/mol. The van der Waals surface area contributed by atoms with Crippen molar-refractivity contribution in [2.75, 3.05) is 26.2 Å². The van der Waals surface area contributed by atoms with E-state index in [4.69, 9.17) is 0 Å². The molecule has 5 nitrogen and oxygen atoms in total. The topological polar surface area (TPSA) is 59.9 Å². The third-order valence-corrected chi connectivity index (χ3v) is 5.82. The lowest BCUT2D eigenvalue weighted by Gasteiger charge is -2.37. The fraction of sp³-hybridized carbons (Fsp3) is 0.480. The number of likely N-dealkylation sites (tertiary alicyclic amines) is 1. The van der Waals surface area contributed by atoms with Gasteiger partial charge in [0.1, 0.15) is 0 Å². The van der Waals surface area contributed by atoms with Crippen LogP contribution in [0.25, 0.3) is 0 Å². The number of guanidine groups is 1. The Bertz CT molecular complexity index is 757. The SMILES string of the molecule is CCNC(=NCC(O)Cc1ccccc1)NC1CCN(C(C)c2ccccc2)CC1. The molecule has 2 aromatic rings. The van der Waals surface area contributed by atoms with E-state index >= 15 is 0 Å². The maximum Gasteiger partial charge on any atom is 0.191 e. The lowest BCUT2D eigenvalue weighted by Crippen LogP contribution is -2.49. The van der Waals surface area contributed by atoms with Gasteiger partial charge in [0.25, 0.3) is 0 Å². The summed E-state index contributed by atoms with van der Waals surface area (Å²) < 4.78 is 0. The smallest absolute Gasteiger partial charge is 0.191 e. The zero-order valence-corrected chi connectivity index (χ0v) is 18.3. The van der Waals surface area contributed by atoms with Gasteiger partial charge in [-0.1, -0.05) is 60.7 Å². The van der Waals surface area contributed by atoms with E-state index in [1.165, 1.54) is 5.56 Å². The first-order valence-electron chi connectivity index (χ1n) is 11.2. The molecular formula is C25H36N4O. The minimum atomic E-state index is -0.476. The lowest BCUT2D eigenvalue weighted by atomic mass is 10.0. The predicted molar refractivity (Wildman–Crippen MR) is 125 cm³/mol. The second-order valence-electron chi connectivity index (χ2n) is 8.10. The second kappa shape index (κ2) is 11.7. The van der Waals surface area contributed by atoms with Gasteiger partial charge in [0.15, 0.2) is 5.96 Å². The van der Waals surface area contributed by atoms with Gasteiger partial charge in [-0.2, -0.15) is 0 Å². The molecule has 0 saturated carbocycles. The molecule has 1 heterocycles. The van der Waals surface area contributed by atoms with E-state index < -0.39 is 6.10 Å². The van der Waals surface area contributed by atoms with Crippen molar-refractivity contribution in [2.24, 2.45) is 4.99 Å². The molecule has 0 spiro atoms. The fourth-order valence-corrected chi connectivity index (χ4v) is 4.03. The van der Waals surface area contributed by atoms with Gasteiger partial charge < -0.3 is 15.7 Å². The average Bonchev–Trinajstić information content (AvgIpc) is 2.79. The van der Waals surface area contributed by atoms with Crippen LogP contribution in [-0.4, -0.2) is 54.3 Å². The summed E-state index contributed by atoms with van der Waals surface area (Å²) in [5.74, 6) is 0.805. The van der Waals surface area contributed by atoms with Crippen LogP contribution in [0.1, 0.15) is 43.9 Å². The average molecular weight is 409 g/mol. The quantitative estimate of drug-likeness (QED) is 0.463. The number of rotatable bonds is 8. The minimum Gasteiger partial charge on any atom is -0.391 e. The molecule has 162 valence electrons. The lowest BCUT2D eigenvalue weighted by molar-refractivity contribution is 0.158. The first kappa shape index (κ1) is 22.3. The Hall–Kier alpha value is -2.37. The minimum absolute atomic E-state index is 0.397. The van der Waals surface area contributed by atoms with E-state index in [0.717, 1.165) is 44.0 Å². The van der Waals surface area contributed by atoms with Crippen LogP contribution >= 0.6 is 0 Å². The van der Waals surface area contributed by atoms with Crippen molar-refractivity contribution in [3.8, 4) is 0 Å². The summed E-state index contributed by atoms with van der Waals surface area (Å²) >= 11 is 0. The summed E-state index contributed by atoms with van der Waals surface area (Å²) in [5, 5.41) is 17.3. The predicted octanol–water partition coefficient (Wildman–Crippen LogP) is 3.37. The molecule has 30 heavy (non-hydrogen) atoms. The van der Waals surface area contributed by atoms with Crippen LogP contribution in [0.5, 0.6) is 0 Å². The summed E-state index contributed by atoms with van der Waals surface area (Å²) in [6.45, 7) is 7.72. The highest BCUT2D eigenvalue weighted by molar-refractivity contribution is 5.80. The number of benzene rings is 2. The monoisotopic (exact) mass is 408 g/mol. The summed E-state index contributed by atoms with van der Waals surface area (Å²) in [4.78, 5) is 7.19. The molecule has 5 heteroatoms. The summed E-state index contributed by atoms with van der Waals surface area (Å²) in [7, 11) is 0. The molecule has 1 aliphatic rings. The van der Waals surface area contributed by atoms with Crippen molar-refractivity contribution >= 4 is 5.96 Å². The Labute approximate surface area is 181 Å². The molecule has 2 unspecified atom stereocenters. The molecule has 0 radical (unpaired) electrons. The van der Waals surface area contributed by atoms with E-state index in [0.29, 0.717) is 25.0 Å². The van der Waals surface area contributed by atoms with Crippen LogP contribution in [-0.2, 0) is 6.42 Å². The van der Waals surface area contributed by atoms with Crippen molar-refractivity contribution in [1.82, 2.24) is 15.5 Å². The molecule has 2 atom stereocenters. The molecule has 3 N–H and O–H groups in total. The highest BCUT2D eigenvalue weighted by atomic mass is 16.3. The molecule has 0 aromatic heterocycles. The number of piperidine rings is 1. The van der Waals surface area contributed by atoms with E-state index in [2.05, 4.69) is 64.7 Å². The third kappa shape index (κ3) is 6.85. The number of aliphatic imine (C=N–C) groups is 1. The van der Waals surface area contributed by atoms with E-state index in [1.54, 1.807) is 0 Å². The number of hydrogen-bond acceptors (Lipinski definition) is 3. The number of aliphatic hydroxyl groups is 1. The van der Waals surface area contributed by atoms with Crippen LogP contribution in [0.4, 0.5) is 0 Å². The van der Waals surface area contributed by atoms with Gasteiger partial charge in [-0.05, 0) is 37.8 Å². The molecule has 0 bridgehead atoms. The van der Waals surface area contributed by atoms with Crippen LogP contribution in [0.2, 0.25) is 0 Å². The number of hydrogen-bond donors (Lipinski definition) is 3. The van der Waals surface area contributed by atoms with Crippen molar-refractivity contribution in [2.45, 2.75) is 51.3 Å². The number of aliphatic hydroxyl groups excluding tert-OH is 1. The number of nitrogens with one attached hydrogen (secondary N) is 2. The van der Waals surface area contributed by atoms with Gasteiger partial charge >= 0.3 is 0 Å². The van der Waals surface area contributed by atoms with E-state index in [9.17, 15) is 5.11 Å². The standard InChI is InChI=1S/C25H36N4O/c1-3-26-25(27-19-24(30)18-21-10-6-4-7-11-21)28-23-14-16-29(17-15-23)20(2)22-12-8-5-9-13-22/h4-13,20,23-24,30H,3,14-19H2,1-2H3,(H2,26,27,28). The van der Waals surface area contributed by atoms with Gasteiger partial charge in [0.05, 0.1) is 12.6 Å². The molecule has 1 aliphatic heterocycles. The zero-order valence-electron chi connectivity index (χ0n) is 18.3. The zero-order chi connectivity index (χ0) is 21.2. The Balaban J connectivity index is 1.47. The molecule has 1 fully saturated rings. The Morgan fingerprint density at radius 2 is 1.70 bits per heavy atom. The van der Waals surface area contributed by atoms with Crippen LogP contribution in [0, 0.1) is 0 Å². The van der Waals surface area contributed by atoms with Crippen molar-refractivity contribution < 1.29 is 5.11 Å². The van der Waals surface area contributed by atoms with Gasteiger partial charge in [0.2, 0.25) is 0 Å². The van der Waals surface area contributed by atoms with E-state index in [1.807, 2.05) is 30.3 Å². The Morgan fingerprint density at radius 3 is 2.33 bits per heavy atom. The third-order valence-electron chi connectivity index (χ3n) is 5.82. The molecule has 0 aliphatic carbocycles. The fourth-order valence-electron chi connectivity index (χ4n) is 4.03.